The second-order valence-electron chi connectivity index (χ2n) is 6.40. The molecule has 0 amide bonds. The van der Waals surface area contributed by atoms with E-state index in [-0.39, 0.29) is 0 Å². The summed E-state index contributed by atoms with van der Waals surface area (Å²) >= 11 is 1.75. The minimum atomic E-state index is 0.594. The number of rotatable bonds is 4. The molecule has 23 heavy (non-hydrogen) atoms. The lowest BCUT2D eigenvalue weighted by Crippen LogP contribution is -2.29. The minimum absolute atomic E-state index is 0.594. The van der Waals surface area contributed by atoms with Gasteiger partial charge in [0, 0.05) is 17.1 Å². The molecule has 0 radical (unpaired) electrons. The van der Waals surface area contributed by atoms with Crippen LogP contribution < -0.4 is 9.54 Å². The Bertz CT molecular complexity index is 699. The van der Waals surface area contributed by atoms with Crippen LogP contribution in [0, 0.1) is 12.8 Å². The fraction of sp³-hybridized carbons (Fsp3) is 0.526. The quantitative estimate of drug-likeness (QED) is 0.753. The molecule has 124 valence electrons. The summed E-state index contributed by atoms with van der Waals surface area (Å²) in [7, 11) is 0. The van der Waals surface area contributed by atoms with E-state index in [1.54, 1.807) is 11.3 Å². The lowest BCUT2D eigenvalue weighted by atomic mass is 9.85. The van der Waals surface area contributed by atoms with Crippen molar-refractivity contribution in [2.45, 2.75) is 52.5 Å². The van der Waals surface area contributed by atoms with Crippen molar-refractivity contribution in [3.63, 3.8) is 0 Å². The Morgan fingerprint density at radius 3 is 2.65 bits per heavy atom. The molecule has 0 saturated heterocycles. The van der Waals surface area contributed by atoms with Gasteiger partial charge in [-0.3, -0.25) is 0 Å². The second kappa shape index (κ2) is 7.35. The third-order valence-electron chi connectivity index (χ3n) is 4.69. The highest BCUT2D eigenvalue weighted by Gasteiger charge is 2.24. The van der Waals surface area contributed by atoms with Crippen LogP contribution in [-0.2, 0) is 0 Å². The molecular formula is C19H26N2OS. The van der Waals surface area contributed by atoms with Gasteiger partial charge in [0.15, 0.2) is 4.80 Å². The lowest BCUT2D eigenvalue weighted by molar-refractivity contribution is 0.251. The Kier molecular flexibility index (Phi) is 5.21. The number of hydrogen-bond acceptors (Lipinski definition) is 3. The van der Waals surface area contributed by atoms with Crippen molar-refractivity contribution < 1.29 is 4.74 Å². The molecule has 3 nitrogen and oxygen atoms in total. The van der Waals surface area contributed by atoms with Crippen LogP contribution in [0.15, 0.2) is 34.6 Å². The lowest BCUT2D eigenvalue weighted by Gasteiger charge is -2.30. The molecular weight excluding hydrogens is 304 g/mol. The number of aryl methyl sites for hydroxylation is 1. The molecule has 1 aliphatic rings. The summed E-state index contributed by atoms with van der Waals surface area (Å²) in [5.74, 6) is 1.64. The zero-order valence-corrected chi connectivity index (χ0v) is 15.1. The first-order chi connectivity index (χ1) is 11.2. The predicted octanol–water partition coefficient (Wildman–Crippen LogP) is 5.24. The smallest absolute Gasteiger partial charge is 0.190 e. The molecule has 2 unspecified atom stereocenters. The van der Waals surface area contributed by atoms with Crippen LogP contribution in [-0.4, -0.2) is 11.2 Å². The number of benzene rings is 1. The van der Waals surface area contributed by atoms with Crippen LogP contribution in [0.1, 0.15) is 51.3 Å². The van der Waals surface area contributed by atoms with E-state index in [4.69, 9.17) is 9.73 Å². The number of ether oxygens (including phenoxy) is 1. The molecule has 1 fully saturated rings. The van der Waals surface area contributed by atoms with Crippen molar-refractivity contribution in [2.24, 2.45) is 10.9 Å². The van der Waals surface area contributed by atoms with Gasteiger partial charge in [0.25, 0.3) is 0 Å². The molecule has 0 aliphatic heterocycles. The van der Waals surface area contributed by atoms with Gasteiger partial charge in [-0.25, -0.2) is 4.99 Å². The number of thiazole rings is 1. The first-order valence-electron chi connectivity index (χ1n) is 8.63. The van der Waals surface area contributed by atoms with Crippen LogP contribution >= 0.6 is 11.3 Å². The van der Waals surface area contributed by atoms with Crippen molar-refractivity contribution in [1.29, 1.82) is 0 Å². The van der Waals surface area contributed by atoms with Gasteiger partial charge in [0.1, 0.15) is 5.75 Å². The standard InChI is InChI=1S/C19H26N2OS/c1-4-22-17-11-9-16(10-12-17)20-19-21(15(3)13-23-19)18-8-6-5-7-14(18)2/h9-14,18H,4-8H2,1-3H3. The van der Waals surface area contributed by atoms with Crippen molar-refractivity contribution in [1.82, 2.24) is 4.57 Å². The molecule has 1 aliphatic carbocycles. The average molecular weight is 330 g/mol. The van der Waals surface area contributed by atoms with Crippen molar-refractivity contribution in [3.05, 3.63) is 40.1 Å². The Labute approximate surface area is 142 Å². The summed E-state index contributed by atoms with van der Waals surface area (Å²) in [5.41, 5.74) is 2.32. The molecule has 1 aromatic heterocycles. The average Bonchev–Trinajstić information content (AvgIpc) is 2.91. The first kappa shape index (κ1) is 16.3. The molecule has 0 spiro atoms. The summed E-state index contributed by atoms with van der Waals surface area (Å²) in [5, 5.41) is 2.23. The number of aromatic nitrogens is 1. The molecule has 1 saturated carbocycles. The molecule has 1 heterocycles. The Hall–Kier alpha value is -1.55. The minimum Gasteiger partial charge on any atom is -0.494 e. The Balaban J connectivity index is 1.93. The Morgan fingerprint density at radius 1 is 1.22 bits per heavy atom. The molecule has 3 rings (SSSR count). The summed E-state index contributed by atoms with van der Waals surface area (Å²) < 4.78 is 7.97. The van der Waals surface area contributed by atoms with E-state index in [1.165, 1.54) is 31.4 Å². The number of hydrogen-bond donors (Lipinski definition) is 0. The van der Waals surface area contributed by atoms with E-state index in [0.29, 0.717) is 12.6 Å². The topological polar surface area (TPSA) is 26.5 Å². The predicted molar refractivity (Wildman–Crippen MR) is 96.5 cm³/mol. The second-order valence-corrected chi connectivity index (χ2v) is 7.23. The molecule has 0 bridgehead atoms. The zero-order valence-electron chi connectivity index (χ0n) is 14.3. The maximum atomic E-state index is 5.50. The van der Waals surface area contributed by atoms with Gasteiger partial charge < -0.3 is 9.30 Å². The fourth-order valence-electron chi connectivity index (χ4n) is 3.46. The molecule has 0 N–H and O–H groups in total. The zero-order chi connectivity index (χ0) is 16.2. The highest BCUT2D eigenvalue weighted by molar-refractivity contribution is 7.07. The highest BCUT2D eigenvalue weighted by atomic mass is 32.1. The molecule has 2 atom stereocenters. The van der Waals surface area contributed by atoms with Crippen LogP contribution in [0.2, 0.25) is 0 Å². The summed E-state index contributed by atoms with van der Waals surface area (Å²) in [4.78, 5) is 6.01. The van der Waals surface area contributed by atoms with E-state index < -0.39 is 0 Å². The molecule has 4 heteroatoms. The van der Waals surface area contributed by atoms with E-state index in [2.05, 4.69) is 23.8 Å². The van der Waals surface area contributed by atoms with Gasteiger partial charge in [0.2, 0.25) is 0 Å². The normalized spacial score (nSPS) is 22.3. The largest absolute Gasteiger partial charge is 0.494 e. The van der Waals surface area contributed by atoms with Gasteiger partial charge in [-0.2, -0.15) is 0 Å². The fourth-order valence-corrected chi connectivity index (χ4v) is 4.40. The van der Waals surface area contributed by atoms with Crippen LogP contribution in [0.5, 0.6) is 5.75 Å². The summed E-state index contributed by atoms with van der Waals surface area (Å²) in [6, 6.07) is 8.66. The van der Waals surface area contributed by atoms with Crippen LogP contribution in [0.4, 0.5) is 5.69 Å². The highest BCUT2D eigenvalue weighted by Crippen LogP contribution is 2.33. The van der Waals surface area contributed by atoms with Gasteiger partial charge in [-0.15, -0.1) is 11.3 Å². The third kappa shape index (κ3) is 3.69. The van der Waals surface area contributed by atoms with Crippen molar-refractivity contribution in [3.8, 4) is 5.75 Å². The van der Waals surface area contributed by atoms with E-state index in [0.717, 1.165) is 22.2 Å². The molecule has 1 aromatic carbocycles. The molecule has 2 aromatic rings. The maximum Gasteiger partial charge on any atom is 0.190 e. The van der Waals surface area contributed by atoms with E-state index >= 15 is 0 Å². The third-order valence-corrected chi connectivity index (χ3v) is 5.65. The van der Waals surface area contributed by atoms with Gasteiger partial charge in [0.05, 0.1) is 12.3 Å². The van der Waals surface area contributed by atoms with Crippen molar-refractivity contribution >= 4 is 17.0 Å². The van der Waals surface area contributed by atoms with Crippen molar-refractivity contribution in [2.75, 3.05) is 6.61 Å². The monoisotopic (exact) mass is 330 g/mol. The van der Waals surface area contributed by atoms with Crippen LogP contribution in [0.3, 0.4) is 0 Å². The van der Waals surface area contributed by atoms with E-state index in [1.807, 2.05) is 31.2 Å². The summed E-state index contributed by atoms with van der Waals surface area (Å²) in [6.07, 6.45) is 5.30. The van der Waals surface area contributed by atoms with Gasteiger partial charge >= 0.3 is 0 Å². The number of nitrogens with zero attached hydrogens (tertiary/aromatic N) is 2. The van der Waals surface area contributed by atoms with Gasteiger partial charge in [-0.1, -0.05) is 19.8 Å². The SMILES string of the molecule is CCOc1ccc(N=c2scc(C)n2C2CCCCC2C)cc1. The first-order valence-corrected chi connectivity index (χ1v) is 9.51. The summed E-state index contributed by atoms with van der Waals surface area (Å²) in [6.45, 7) is 7.28. The van der Waals surface area contributed by atoms with E-state index in [9.17, 15) is 0 Å². The Morgan fingerprint density at radius 2 is 1.96 bits per heavy atom. The van der Waals surface area contributed by atoms with Gasteiger partial charge in [-0.05, 0) is 56.9 Å². The maximum absolute atomic E-state index is 5.50. The van der Waals surface area contributed by atoms with Crippen LogP contribution in [0.25, 0.3) is 0 Å².